The number of carbonyl (C=O) groups excluding carboxylic acids is 1. The Kier molecular flexibility index (Phi) is 5.42. The second-order valence-electron chi connectivity index (χ2n) is 4.60. The van der Waals surface area contributed by atoms with Crippen molar-refractivity contribution in [3.8, 4) is 0 Å². The van der Waals surface area contributed by atoms with Gasteiger partial charge in [-0.05, 0) is 44.7 Å². The lowest BCUT2D eigenvalue weighted by atomic mass is 10.1. The smallest absolute Gasteiger partial charge is 0.323 e. The summed E-state index contributed by atoms with van der Waals surface area (Å²) < 4.78 is 0. The van der Waals surface area contributed by atoms with Crippen LogP contribution in [0.3, 0.4) is 0 Å². The van der Waals surface area contributed by atoms with Gasteiger partial charge in [0.25, 0.3) is 5.91 Å². The lowest BCUT2D eigenvalue weighted by molar-refractivity contribution is -0.138. The number of hydrogen-bond acceptors (Lipinski definition) is 3. The van der Waals surface area contributed by atoms with Gasteiger partial charge in [-0.25, -0.2) is 0 Å². The zero-order valence-electron chi connectivity index (χ0n) is 11.6. The van der Waals surface area contributed by atoms with Crippen LogP contribution in [0.15, 0.2) is 23.1 Å². The van der Waals surface area contributed by atoms with E-state index >= 15 is 0 Å². The molecule has 5 heteroatoms. The fourth-order valence-electron chi connectivity index (χ4n) is 1.75. The molecular weight excluding hydrogens is 262 g/mol. The fourth-order valence-corrected chi connectivity index (χ4v) is 2.19. The van der Waals surface area contributed by atoms with Crippen LogP contribution in [0.2, 0.25) is 0 Å². The Hall–Kier alpha value is -1.49. The van der Waals surface area contributed by atoms with Crippen LogP contribution in [0.1, 0.15) is 29.8 Å². The average molecular weight is 281 g/mol. The Morgan fingerprint density at radius 3 is 2.47 bits per heavy atom. The number of carboxylic acids is 1. The molecule has 1 aromatic carbocycles. The number of rotatable bonds is 5. The molecule has 0 fully saturated rings. The topological polar surface area (TPSA) is 57.6 Å². The molecule has 0 saturated heterocycles. The van der Waals surface area contributed by atoms with Crippen molar-refractivity contribution in [3.05, 3.63) is 29.3 Å². The fraction of sp³-hybridized carbons (Fsp3) is 0.429. The molecule has 0 unspecified atom stereocenters. The second kappa shape index (κ2) is 6.61. The van der Waals surface area contributed by atoms with Crippen molar-refractivity contribution in [1.29, 1.82) is 0 Å². The molecule has 0 bridgehead atoms. The monoisotopic (exact) mass is 281 g/mol. The second-order valence-corrected chi connectivity index (χ2v) is 5.48. The Bertz CT molecular complexity index is 486. The van der Waals surface area contributed by atoms with Gasteiger partial charge in [0.15, 0.2) is 0 Å². The minimum atomic E-state index is -0.999. The number of benzene rings is 1. The van der Waals surface area contributed by atoms with Crippen molar-refractivity contribution in [2.24, 2.45) is 0 Å². The Labute approximate surface area is 117 Å². The first-order valence-corrected chi connectivity index (χ1v) is 7.26. The Morgan fingerprint density at radius 1 is 1.37 bits per heavy atom. The molecule has 4 nitrogen and oxygen atoms in total. The van der Waals surface area contributed by atoms with Crippen LogP contribution in [0, 0.1) is 6.92 Å². The predicted octanol–water partition coefficient (Wildman–Crippen LogP) is 2.65. The van der Waals surface area contributed by atoms with Crippen LogP contribution in [0.5, 0.6) is 0 Å². The largest absolute Gasteiger partial charge is 0.480 e. The normalized spacial score (nSPS) is 10.6. The number of carbonyl (C=O) groups is 2. The predicted molar refractivity (Wildman–Crippen MR) is 76.8 cm³/mol. The third kappa shape index (κ3) is 3.99. The summed E-state index contributed by atoms with van der Waals surface area (Å²) in [6.07, 6.45) is 1.94. The van der Waals surface area contributed by atoms with E-state index in [1.54, 1.807) is 11.8 Å². The third-order valence-corrected chi connectivity index (χ3v) is 3.59. The van der Waals surface area contributed by atoms with Crippen LogP contribution in [0.25, 0.3) is 0 Å². The first kappa shape index (κ1) is 15.6. The van der Waals surface area contributed by atoms with Crippen molar-refractivity contribution < 1.29 is 14.7 Å². The SMILES string of the molecule is CSc1ccc(C)c(C(=O)N(CC(=O)O)C(C)C)c1. The molecule has 1 amide bonds. The highest BCUT2D eigenvalue weighted by molar-refractivity contribution is 7.98. The molecule has 19 heavy (non-hydrogen) atoms. The molecule has 0 aliphatic carbocycles. The van der Waals surface area contributed by atoms with Crippen LogP contribution in [0.4, 0.5) is 0 Å². The van der Waals surface area contributed by atoms with Gasteiger partial charge in [-0.3, -0.25) is 9.59 Å². The molecule has 104 valence electrons. The first-order valence-electron chi connectivity index (χ1n) is 6.04. The van der Waals surface area contributed by atoms with Crippen molar-refractivity contribution in [3.63, 3.8) is 0 Å². The van der Waals surface area contributed by atoms with E-state index in [4.69, 9.17) is 5.11 Å². The van der Waals surface area contributed by atoms with Crippen molar-refractivity contribution in [2.75, 3.05) is 12.8 Å². The lowest BCUT2D eigenvalue weighted by Crippen LogP contribution is -2.40. The van der Waals surface area contributed by atoms with Crippen molar-refractivity contribution in [1.82, 2.24) is 4.90 Å². The summed E-state index contributed by atoms with van der Waals surface area (Å²) in [5.74, 6) is -1.23. The first-order chi connectivity index (χ1) is 8.86. The molecule has 0 heterocycles. The van der Waals surface area contributed by atoms with Crippen molar-refractivity contribution >= 4 is 23.6 Å². The van der Waals surface area contributed by atoms with Crippen LogP contribution in [-0.4, -0.2) is 40.7 Å². The molecule has 1 rings (SSSR count). The summed E-state index contributed by atoms with van der Waals surface area (Å²) in [4.78, 5) is 25.7. The number of hydrogen-bond donors (Lipinski definition) is 1. The van der Waals surface area contributed by atoms with E-state index in [-0.39, 0.29) is 18.5 Å². The molecule has 1 aromatic rings. The summed E-state index contributed by atoms with van der Waals surface area (Å²) in [5, 5.41) is 8.90. The maximum absolute atomic E-state index is 12.5. The summed E-state index contributed by atoms with van der Waals surface area (Å²) in [5.41, 5.74) is 1.43. The maximum atomic E-state index is 12.5. The minimum absolute atomic E-state index is 0.152. The molecule has 0 saturated carbocycles. The van der Waals surface area contributed by atoms with Gasteiger partial charge < -0.3 is 10.0 Å². The van der Waals surface area contributed by atoms with E-state index in [0.29, 0.717) is 5.56 Å². The van der Waals surface area contributed by atoms with Crippen LogP contribution >= 0.6 is 11.8 Å². The van der Waals surface area contributed by atoms with Crippen LogP contribution < -0.4 is 0 Å². The van der Waals surface area contributed by atoms with E-state index in [2.05, 4.69) is 0 Å². The molecular formula is C14H19NO3S. The van der Waals surface area contributed by atoms with Crippen molar-refractivity contribution in [2.45, 2.75) is 31.7 Å². The summed E-state index contributed by atoms with van der Waals surface area (Å²) >= 11 is 1.56. The summed E-state index contributed by atoms with van der Waals surface area (Å²) in [7, 11) is 0. The standard InChI is InChI=1S/C14H19NO3S/c1-9(2)15(8-13(16)17)14(18)12-7-11(19-4)6-5-10(12)3/h5-7,9H,8H2,1-4H3,(H,16,17). The van der Waals surface area contributed by atoms with Gasteiger partial charge in [-0.15, -0.1) is 11.8 Å². The zero-order valence-corrected chi connectivity index (χ0v) is 12.5. The number of aryl methyl sites for hydroxylation is 1. The molecule has 0 atom stereocenters. The zero-order chi connectivity index (χ0) is 14.6. The third-order valence-electron chi connectivity index (χ3n) is 2.86. The van der Waals surface area contributed by atoms with E-state index in [1.807, 2.05) is 45.2 Å². The molecule has 1 N–H and O–H groups in total. The maximum Gasteiger partial charge on any atom is 0.323 e. The summed E-state index contributed by atoms with van der Waals surface area (Å²) in [6, 6.07) is 5.51. The van der Waals surface area contributed by atoms with Gasteiger partial charge in [0, 0.05) is 16.5 Å². The van der Waals surface area contributed by atoms with E-state index < -0.39 is 5.97 Å². The van der Waals surface area contributed by atoms with Gasteiger partial charge in [-0.2, -0.15) is 0 Å². The Morgan fingerprint density at radius 2 is 2.00 bits per heavy atom. The number of aliphatic carboxylic acids is 1. The molecule has 0 aliphatic rings. The molecule has 0 radical (unpaired) electrons. The highest BCUT2D eigenvalue weighted by Crippen LogP contribution is 2.21. The van der Waals surface area contributed by atoms with Gasteiger partial charge in [-0.1, -0.05) is 6.07 Å². The van der Waals surface area contributed by atoms with Gasteiger partial charge in [0.2, 0.25) is 0 Å². The van der Waals surface area contributed by atoms with E-state index in [0.717, 1.165) is 10.5 Å². The average Bonchev–Trinajstić information content (AvgIpc) is 2.35. The number of nitrogens with zero attached hydrogens (tertiary/aromatic N) is 1. The number of amides is 1. The van der Waals surface area contributed by atoms with Gasteiger partial charge in [0.05, 0.1) is 0 Å². The molecule has 0 spiro atoms. The number of thioether (sulfide) groups is 1. The quantitative estimate of drug-likeness (QED) is 0.843. The highest BCUT2D eigenvalue weighted by atomic mass is 32.2. The van der Waals surface area contributed by atoms with Gasteiger partial charge in [0.1, 0.15) is 6.54 Å². The molecule has 0 aliphatic heterocycles. The highest BCUT2D eigenvalue weighted by Gasteiger charge is 2.22. The van der Waals surface area contributed by atoms with Crippen LogP contribution in [-0.2, 0) is 4.79 Å². The number of carboxylic acid groups (broad SMARTS) is 1. The van der Waals surface area contributed by atoms with Gasteiger partial charge >= 0.3 is 5.97 Å². The van der Waals surface area contributed by atoms with E-state index in [1.165, 1.54) is 4.90 Å². The minimum Gasteiger partial charge on any atom is -0.480 e. The summed E-state index contributed by atoms with van der Waals surface area (Å²) in [6.45, 7) is 5.21. The Balaban J connectivity index is 3.12. The lowest BCUT2D eigenvalue weighted by Gasteiger charge is -2.25. The molecule has 0 aromatic heterocycles. The van der Waals surface area contributed by atoms with E-state index in [9.17, 15) is 9.59 Å².